The van der Waals surface area contributed by atoms with E-state index < -0.39 is 35.9 Å². The van der Waals surface area contributed by atoms with Crippen LogP contribution in [0.2, 0.25) is 0 Å². The normalized spacial score (nSPS) is 18.5. The van der Waals surface area contributed by atoms with Crippen molar-refractivity contribution in [3.05, 3.63) is 76.6 Å². The quantitative estimate of drug-likeness (QED) is 0.355. The van der Waals surface area contributed by atoms with Crippen LogP contribution in [0.1, 0.15) is 46.0 Å². The lowest BCUT2D eigenvalue weighted by Crippen LogP contribution is -2.57. The lowest BCUT2D eigenvalue weighted by molar-refractivity contribution is -0.143. The van der Waals surface area contributed by atoms with Crippen LogP contribution in [0.25, 0.3) is 11.3 Å². The lowest BCUT2D eigenvalue weighted by atomic mass is 9.98. The first kappa shape index (κ1) is 32.2. The number of piperazine rings is 1. The minimum absolute atomic E-state index is 0.0277. The molecule has 0 radical (unpaired) electrons. The fourth-order valence-electron chi connectivity index (χ4n) is 5.99. The van der Waals surface area contributed by atoms with E-state index in [0.717, 1.165) is 5.56 Å². The van der Waals surface area contributed by atoms with Gasteiger partial charge in [0.2, 0.25) is 5.91 Å². The summed E-state index contributed by atoms with van der Waals surface area (Å²) in [7, 11) is 1.79. The number of carbonyl (C=O) groups excluding carboxylic acids is 2. The molecule has 2 aliphatic rings. The number of rotatable bonds is 4. The number of halogens is 6. The first-order valence-corrected chi connectivity index (χ1v) is 14.4. The van der Waals surface area contributed by atoms with E-state index in [-0.39, 0.29) is 41.6 Å². The third-order valence-corrected chi connectivity index (χ3v) is 8.37. The summed E-state index contributed by atoms with van der Waals surface area (Å²) in [4.78, 5) is 42.2. The van der Waals surface area contributed by atoms with Crippen LogP contribution >= 0.6 is 0 Å². The molecule has 240 valence electrons. The Balaban J connectivity index is 1.61. The van der Waals surface area contributed by atoms with E-state index in [0.29, 0.717) is 56.0 Å². The number of hydrogen-bond acceptors (Lipinski definition) is 6. The van der Waals surface area contributed by atoms with E-state index in [9.17, 15) is 35.9 Å². The Bertz CT molecular complexity index is 1550. The summed E-state index contributed by atoms with van der Waals surface area (Å²) in [5.74, 6) is -0.365. The van der Waals surface area contributed by atoms with Crippen LogP contribution in [-0.2, 0) is 23.7 Å². The molecule has 1 saturated heterocycles. The molecule has 3 heterocycles. The van der Waals surface area contributed by atoms with Crippen molar-refractivity contribution in [1.29, 1.82) is 0 Å². The van der Waals surface area contributed by atoms with Gasteiger partial charge >= 0.3 is 12.4 Å². The van der Waals surface area contributed by atoms with Gasteiger partial charge in [0, 0.05) is 58.8 Å². The average molecular weight is 635 g/mol. The molecule has 0 aliphatic carbocycles. The van der Waals surface area contributed by atoms with Crippen molar-refractivity contribution in [2.45, 2.75) is 45.3 Å². The van der Waals surface area contributed by atoms with Crippen molar-refractivity contribution < 1.29 is 35.9 Å². The predicted octanol–water partition coefficient (Wildman–Crippen LogP) is 5.46. The molecular formula is C31H32F6N6O2. The van der Waals surface area contributed by atoms with Crippen LogP contribution in [0.4, 0.5) is 32.2 Å². The number of aryl methyl sites for hydroxylation is 1. The van der Waals surface area contributed by atoms with Crippen molar-refractivity contribution in [2.24, 2.45) is 0 Å². The number of fused-ring (bicyclic) bond motifs is 1. The Kier molecular flexibility index (Phi) is 8.80. The summed E-state index contributed by atoms with van der Waals surface area (Å²) in [6.45, 7) is 4.89. The number of anilines is 1. The van der Waals surface area contributed by atoms with E-state index in [1.165, 1.54) is 18.2 Å². The molecule has 14 heteroatoms. The number of nitrogens with zero attached hydrogens (tertiary/aromatic N) is 6. The number of carbonyl (C=O) groups is 2. The molecule has 3 aromatic rings. The number of amides is 2. The second kappa shape index (κ2) is 12.3. The molecule has 45 heavy (non-hydrogen) atoms. The fraction of sp³-hybridized carbons (Fsp3) is 0.419. The number of benzene rings is 2. The van der Waals surface area contributed by atoms with Gasteiger partial charge in [0.25, 0.3) is 5.91 Å². The third kappa shape index (κ3) is 6.75. The van der Waals surface area contributed by atoms with Gasteiger partial charge in [-0.3, -0.25) is 14.5 Å². The summed E-state index contributed by atoms with van der Waals surface area (Å²) >= 11 is 0. The maximum absolute atomic E-state index is 14.3. The smallest absolute Gasteiger partial charge is 0.343 e. The zero-order valence-corrected chi connectivity index (χ0v) is 24.9. The molecule has 2 aliphatic heterocycles. The Morgan fingerprint density at radius 2 is 1.53 bits per heavy atom. The van der Waals surface area contributed by atoms with Gasteiger partial charge < -0.3 is 14.7 Å². The van der Waals surface area contributed by atoms with Crippen LogP contribution in [0, 0.1) is 6.92 Å². The third-order valence-electron chi connectivity index (χ3n) is 8.37. The topological polar surface area (TPSA) is 72.9 Å². The van der Waals surface area contributed by atoms with Gasteiger partial charge in [-0.15, -0.1) is 0 Å². The number of alkyl halides is 6. The van der Waals surface area contributed by atoms with Gasteiger partial charge in [-0.1, -0.05) is 24.3 Å². The molecule has 1 aromatic heterocycles. The molecule has 1 fully saturated rings. The molecule has 1 atom stereocenters. The monoisotopic (exact) mass is 634 g/mol. The van der Waals surface area contributed by atoms with Crippen molar-refractivity contribution in [1.82, 2.24) is 24.7 Å². The molecule has 5 rings (SSSR count). The molecule has 0 N–H and O–H groups in total. The van der Waals surface area contributed by atoms with Crippen molar-refractivity contribution in [2.75, 3.05) is 44.7 Å². The predicted molar refractivity (Wildman–Crippen MR) is 154 cm³/mol. The van der Waals surface area contributed by atoms with Crippen molar-refractivity contribution in [3.63, 3.8) is 0 Å². The molecule has 0 bridgehead atoms. The second-order valence-electron chi connectivity index (χ2n) is 11.3. The summed E-state index contributed by atoms with van der Waals surface area (Å²) in [6.07, 6.45) is -8.74. The highest BCUT2D eigenvalue weighted by atomic mass is 19.4. The molecule has 2 amide bonds. The SMILES string of the molecule is CC(=O)N1CCN(C2CCN(Cc3cc(C(F)(F)F)cc(C(F)(F)F)c3)C(=O)c3c(-c4ccccc4C)ncnc3N2C)CC1. The van der Waals surface area contributed by atoms with Crippen LogP contribution in [0.5, 0.6) is 0 Å². The van der Waals surface area contributed by atoms with Crippen LogP contribution in [0.3, 0.4) is 0 Å². The minimum Gasteiger partial charge on any atom is -0.343 e. The second-order valence-corrected chi connectivity index (χ2v) is 11.3. The largest absolute Gasteiger partial charge is 0.416 e. The Labute approximate surface area is 256 Å². The highest BCUT2D eigenvalue weighted by molar-refractivity contribution is 6.04. The summed E-state index contributed by atoms with van der Waals surface area (Å²) in [5, 5.41) is 0. The highest BCUT2D eigenvalue weighted by Gasteiger charge is 2.39. The molecular weight excluding hydrogens is 602 g/mol. The zero-order valence-electron chi connectivity index (χ0n) is 24.9. The van der Waals surface area contributed by atoms with Gasteiger partial charge in [-0.2, -0.15) is 26.3 Å². The van der Waals surface area contributed by atoms with Crippen molar-refractivity contribution in [3.8, 4) is 11.3 Å². The molecule has 0 spiro atoms. The maximum atomic E-state index is 14.3. The number of aromatic nitrogens is 2. The number of hydrogen-bond donors (Lipinski definition) is 0. The summed E-state index contributed by atoms with van der Waals surface area (Å²) < 4.78 is 82.0. The Morgan fingerprint density at radius 3 is 2.11 bits per heavy atom. The molecule has 1 unspecified atom stereocenters. The summed E-state index contributed by atoms with van der Waals surface area (Å²) in [5.41, 5.74) is -1.34. The van der Waals surface area contributed by atoms with E-state index in [1.54, 1.807) is 24.1 Å². The molecule has 2 aromatic carbocycles. The van der Waals surface area contributed by atoms with Crippen molar-refractivity contribution >= 4 is 17.6 Å². The van der Waals surface area contributed by atoms with Crippen LogP contribution in [-0.4, -0.2) is 82.4 Å². The van der Waals surface area contributed by atoms with E-state index in [4.69, 9.17) is 0 Å². The first-order valence-electron chi connectivity index (χ1n) is 14.4. The Morgan fingerprint density at radius 1 is 0.911 bits per heavy atom. The van der Waals surface area contributed by atoms with Crippen LogP contribution < -0.4 is 4.90 Å². The molecule has 8 nitrogen and oxygen atoms in total. The van der Waals surface area contributed by atoms with Gasteiger partial charge in [-0.25, -0.2) is 9.97 Å². The first-order chi connectivity index (χ1) is 21.1. The van der Waals surface area contributed by atoms with E-state index >= 15 is 0 Å². The van der Waals surface area contributed by atoms with Gasteiger partial charge in [0.05, 0.1) is 23.0 Å². The highest BCUT2D eigenvalue weighted by Crippen LogP contribution is 2.38. The van der Waals surface area contributed by atoms with E-state index in [2.05, 4.69) is 14.9 Å². The van der Waals surface area contributed by atoms with Gasteiger partial charge in [0.1, 0.15) is 17.7 Å². The summed E-state index contributed by atoms with van der Waals surface area (Å²) in [6, 6.07) is 8.61. The minimum atomic E-state index is -5.02. The average Bonchev–Trinajstić information content (AvgIpc) is 2.98. The van der Waals surface area contributed by atoms with Crippen LogP contribution in [0.15, 0.2) is 48.8 Å². The maximum Gasteiger partial charge on any atom is 0.416 e. The van der Waals surface area contributed by atoms with E-state index in [1.807, 2.05) is 24.0 Å². The molecule has 0 saturated carbocycles. The fourth-order valence-corrected chi connectivity index (χ4v) is 5.99. The standard InChI is InChI=1S/C31H32F6N6O2/c1-19-6-4-5-7-24(19)27-26-28(39-18-38-27)40(3)25(42-12-10-41(11-13-42)20(2)44)8-9-43(29(26)45)17-21-14-22(30(32,33)34)16-23(15-21)31(35,36)37/h4-7,14-16,18,25H,8-13,17H2,1-3H3. The lowest BCUT2D eigenvalue weighted by Gasteiger charge is -2.45. The zero-order chi connectivity index (χ0) is 32.7. The van der Waals surface area contributed by atoms with Gasteiger partial charge in [0.15, 0.2) is 0 Å². The van der Waals surface area contributed by atoms with Gasteiger partial charge in [-0.05, 0) is 42.7 Å². The Hall–Kier alpha value is -4.20.